The molecule has 0 aliphatic carbocycles. The molecule has 0 spiro atoms. The maximum absolute atomic E-state index is 12.4. The van der Waals surface area contributed by atoms with E-state index >= 15 is 0 Å². The van der Waals surface area contributed by atoms with Gasteiger partial charge in [-0.05, 0) is 32.0 Å². The van der Waals surface area contributed by atoms with Gasteiger partial charge in [-0.1, -0.05) is 23.7 Å². The third kappa shape index (κ3) is 4.82. The number of benzene rings is 1. The van der Waals surface area contributed by atoms with Crippen molar-refractivity contribution in [2.45, 2.75) is 20.4 Å². The van der Waals surface area contributed by atoms with Crippen LogP contribution < -0.4 is 21.5 Å². The van der Waals surface area contributed by atoms with E-state index in [1.165, 1.54) is 0 Å². The van der Waals surface area contributed by atoms with Crippen molar-refractivity contribution in [3.05, 3.63) is 64.9 Å². The molecule has 5 heteroatoms. The van der Waals surface area contributed by atoms with Gasteiger partial charge in [0.25, 0.3) is 5.91 Å². The highest BCUT2D eigenvalue weighted by Crippen LogP contribution is 2.09. The van der Waals surface area contributed by atoms with Crippen molar-refractivity contribution < 1.29 is 26.3 Å². The summed E-state index contributed by atoms with van der Waals surface area (Å²) < 4.78 is 2.01. The first-order chi connectivity index (χ1) is 10.1. The highest BCUT2D eigenvalue weighted by atomic mass is 79.9. The Labute approximate surface area is 147 Å². The van der Waals surface area contributed by atoms with Crippen molar-refractivity contribution in [2.24, 2.45) is 0 Å². The van der Waals surface area contributed by atoms with Crippen LogP contribution in [0.25, 0.3) is 0 Å². The van der Waals surface area contributed by atoms with E-state index < -0.39 is 0 Å². The summed E-state index contributed by atoms with van der Waals surface area (Å²) >= 11 is 5.89. The summed E-state index contributed by atoms with van der Waals surface area (Å²) in [7, 11) is 0. The van der Waals surface area contributed by atoms with Gasteiger partial charge < -0.3 is 21.9 Å². The van der Waals surface area contributed by atoms with Crippen LogP contribution in [0.1, 0.15) is 29.8 Å². The zero-order valence-electron chi connectivity index (χ0n) is 12.8. The van der Waals surface area contributed by atoms with Gasteiger partial charge in [0.05, 0.1) is 0 Å². The van der Waals surface area contributed by atoms with Crippen LogP contribution in [-0.4, -0.2) is 23.9 Å². The SMILES string of the molecule is CCN(CC)C(=O)c1ccc[n+](Cc2ccc(Cl)cc2)c1.[Br-]. The first-order valence-corrected chi connectivity index (χ1v) is 7.54. The molecule has 0 aliphatic heterocycles. The number of halogens is 2. The topological polar surface area (TPSA) is 24.2 Å². The first-order valence-electron chi connectivity index (χ1n) is 7.16. The molecule has 1 amide bonds. The monoisotopic (exact) mass is 382 g/mol. The van der Waals surface area contributed by atoms with Gasteiger partial charge in [-0.15, -0.1) is 0 Å². The number of hydrogen-bond donors (Lipinski definition) is 0. The van der Waals surface area contributed by atoms with E-state index in [-0.39, 0.29) is 22.9 Å². The summed E-state index contributed by atoms with van der Waals surface area (Å²) in [6.45, 7) is 6.15. The highest BCUT2D eigenvalue weighted by molar-refractivity contribution is 6.30. The number of carbonyl (C=O) groups is 1. The Bertz CT molecular complexity index is 612. The Kier molecular flexibility index (Phi) is 7.56. The maximum Gasteiger partial charge on any atom is 0.259 e. The zero-order chi connectivity index (χ0) is 15.2. The van der Waals surface area contributed by atoms with Crippen LogP contribution >= 0.6 is 11.6 Å². The number of amides is 1. The lowest BCUT2D eigenvalue weighted by atomic mass is 10.2. The predicted octanol–water partition coefficient (Wildman–Crippen LogP) is 0.162. The van der Waals surface area contributed by atoms with Gasteiger partial charge in [-0.2, -0.15) is 4.57 Å². The fourth-order valence-electron chi connectivity index (χ4n) is 2.24. The summed E-state index contributed by atoms with van der Waals surface area (Å²) in [6.07, 6.45) is 3.86. The van der Waals surface area contributed by atoms with Crippen LogP contribution in [0.2, 0.25) is 5.02 Å². The van der Waals surface area contributed by atoms with E-state index in [4.69, 9.17) is 11.6 Å². The van der Waals surface area contributed by atoms with Crippen LogP contribution in [-0.2, 0) is 6.54 Å². The van der Waals surface area contributed by atoms with Gasteiger partial charge in [0.1, 0.15) is 5.56 Å². The Morgan fingerprint density at radius 2 is 1.77 bits per heavy atom. The molecule has 22 heavy (non-hydrogen) atoms. The number of rotatable bonds is 5. The quantitative estimate of drug-likeness (QED) is 0.675. The molecule has 0 unspecified atom stereocenters. The number of hydrogen-bond acceptors (Lipinski definition) is 1. The Morgan fingerprint density at radius 3 is 2.36 bits per heavy atom. The molecule has 0 bridgehead atoms. The third-order valence-corrected chi connectivity index (χ3v) is 3.69. The molecule has 0 aliphatic rings. The molecular weight excluding hydrogens is 364 g/mol. The molecule has 3 nitrogen and oxygen atoms in total. The van der Waals surface area contributed by atoms with Crippen molar-refractivity contribution in [1.29, 1.82) is 0 Å². The first kappa shape index (κ1) is 18.7. The molecule has 0 fully saturated rings. The minimum Gasteiger partial charge on any atom is -1.00 e. The Balaban J connectivity index is 0.00000242. The number of pyridine rings is 1. The standard InChI is InChI=1S/C17H20ClN2O.BrH/c1-3-20(4-2)17(21)15-6-5-11-19(13-15)12-14-7-9-16(18)10-8-14;/h5-11,13H,3-4,12H2,1-2H3;1H/q+1;/p-1. The lowest BCUT2D eigenvalue weighted by Crippen LogP contribution is -3.00. The van der Waals surface area contributed by atoms with E-state index in [1.54, 1.807) is 0 Å². The van der Waals surface area contributed by atoms with Crippen LogP contribution in [0.15, 0.2) is 48.8 Å². The average Bonchev–Trinajstić information content (AvgIpc) is 2.51. The molecular formula is C17H20BrClN2O. The molecule has 1 aromatic heterocycles. The Morgan fingerprint density at radius 1 is 1.14 bits per heavy atom. The third-order valence-electron chi connectivity index (χ3n) is 3.43. The minimum atomic E-state index is 0. The highest BCUT2D eigenvalue weighted by Gasteiger charge is 2.15. The van der Waals surface area contributed by atoms with Crippen molar-refractivity contribution in [1.82, 2.24) is 4.90 Å². The second-order valence-electron chi connectivity index (χ2n) is 4.87. The molecule has 0 N–H and O–H groups in total. The number of carbonyl (C=O) groups excluding carboxylic acids is 1. The van der Waals surface area contributed by atoms with Gasteiger partial charge in [-0.3, -0.25) is 4.79 Å². The van der Waals surface area contributed by atoms with Crippen LogP contribution in [0.5, 0.6) is 0 Å². The van der Waals surface area contributed by atoms with Crippen molar-refractivity contribution in [3.8, 4) is 0 Å². The second-order valence-corrected chi connectivity index (χ2v) is 5.31. The summed E-state index contributed by atoms with van der Waals surface area (Å²) in [5.74, 6) is 0.0745. The summed E-state index contributed by atoms with van der Waals surface area (Å²) in [5.41, 5.74) is 1.87. The fourth-order valence-corrected chi connectivity index (χ4v) is 2.37. The fraction of sp³-hybridized carbons (Fsp3) is 0.294. The summed E-state index contributed by atoms with van der Waals surface area (Å²) in [4.78, 5) is 14.2. The molecule has 1 heterocycles. The molecule has 0 saturated carbocycles. The normalized spacial score (nSPS) is 9.95. The molecule has 0 saturated heterocycles. The largest absolute Gasteiger partial charge is 1.00 e. The predicted molar refractivity (Wildman–Crippen MR) is 84.4 cm³/mol. The van der Waals surface area contributed by atoms with Gasteiger partial charge >= 0.3 is 0 Å². The van der Waals surface area contributed by atoms with E-state index in [0.717, 1.165) is 35.8 Å². The van der Waals surface area contributed by atoms with Crippen molar-refractivity contribution in [2.75, 3.05) is 13.1 Å². The summed E-state index contributed by atoms with van der Waals surface area (Å²) in [5, 5.41) is 0.731. The number of nitrogens with zero attached hydrogens (tertiary/aromatic N) is 2. The lowest BCUT2D eigenvalue weighted by Gasteiger charge is -2.17. The van der Waals surface area contributed by atoms with Crippen LogP contribution in [0.3, 0.4) is 0 Å². The van der Waals surface area contributed by atoms with E-state index in [1.807, 2.05) is 72.1 Å². The smallest absolute Gasteiger partial charge is 0.259 e. The van der Waals surface area contributed by atoms with Gasteiger partial charge in [0.2, 0.25) is 0 Å². The van der Waals surface area contributed by atoms with Crippen LogP contribution in [0.4, 0.5) is 0 Å². The van der Waals surface area contributed by atoms with Crippen LogP contribution in [0, 0.1) is 0 Å². The van der Waals surface area contributed by atoms with Crippen molar-refractivity contribution in [3.63, 3.8) is 0 Å². The minimum absolute atomic E-state index is 0. The van der Waals surface area contributed by atoms with Gasteiger partial charge in [-0.25, -0.2) is 0 Å². The van der Waals surface area contributed by atoms with E-state index in [9.17, 15) is 4.79 Å². The molecule has 118 valence electrons. The molecule has 1 aromatic carbocycles. The Hall–Kier alpha value is -1.39. The summed E-state index contributed by atoms with van der Waals surface area (Å²) in [6, 6.07) is 11.5. The maximum atomic E-state index is 12.4. The van der Waals surface area contributed by atoms with E-state index in [2.05, 4.69) is 0 Å². The molecule has 0 radical (unpaired) electrons. The average molecular weight is 384 g/mol. The molecule has 2 rings (SSSR count). The van der Waals surface area contributed by atoms with E-state index in [0.29, 0.717) is 0 Å². The van der Waals surface area contributed by atoms with Gasteiger partial charge in [0.15, 0.2) is 18.9 Å². The second kappa shape index (κ2) is 8.91. The molecule has 2 aromatic rings. The number of aromatic nitrogens is 1. The lowest BCUT2D eigenvalue weighted by molar-refractivity contribution is -0.688. The van der Waals surface area contributed by atoms with Gasteiger partial charge in [0, 0.05) is 29.7 Å². The van der Waals surface area contributed by atoms with Crippen molar-refractivity contribution >= 4 is 17.5 Å². The molecule has 0 atom stereocenters. The zero-order valence-corrected chi connectivity index (χ0v) is 15.1.